The van der Waals surface area contributed by atoms with Crippen LogP contribution in [0.25, 0.3) is 31.8 Å². The molecule has 3 nitrogen and oxygen atoms in total. The maximum atomic E-state index is 9.48. The van der Waals surface area contributed by atoms with E-state index < -0.39 is 0 Å². The van der Waals surface area contributed by atoms with E-state index in [1.165, 1.54) is 10.1 Å². The molecule has 2 heterocycles. The van der Waals surface area contributed by atoms with E-state index in [0.717, 1.165) is 21.7 Å². The Balaban J connectivity index is 1.93. The summed E-state index contributed by atoms with van der Waals surface area (Å²) < 4.78 is 1.25. The minimum absolute atomic E-state index is 0.249. The third kappa shape index (κ3) is 1.69. The number of fused-ring (bicyclic) bond motifs is 2. The third-order valence-corrected chi connectivity index (χ3v) is 4.25. The number of aromatic amines is 1. The molecule has 0 radical (unpaired) electrons. The summed E-state index contributed by atoms with van der Waals surface area (Å²) in [5.74, 6) is 1.10. The normalized spacial score (nSPS) is 11.4. The van der Waals surface area contributed by atoms with Gasteiger partial charge >= 0.3 is 0 Å². The highest BCUT2D eigenvalue weighted by Crippen LogP contribution is 2.33. The number of hydrogen-bond donors (Lipinski definition) is 2. The monoisotopic (exact) mass is 266 g/mol. The molecule has 0 fully saturated rings. The first-order chi connectivity index (χ1) is 9.29. The van der Waals surface area contributed by atoms with Gasteiger partial charge in [-0.3, -0.25) is 0 Å². The van der Waals surface area contributed by atoms with Crippen LogP contribution >= 0.6 is 11.3 Å². The molecule has 0 aliphatic rings. The standard InChI is InChI=1S/C15H10N2OS/c18-10-5-6-11-12(8-10)17-15(16-11)14-7-9-3-1-2-4-13(9)19-14/h1-8,18H,(H,16,17). The van der Waals surface area contributed by atoms with Crippen molar-refractivity contribution in [2.45, 2.75) is 0 Å². The molecule has 0 atom stereocenters. The summed E-state index contributed by atoms with van der Waals surface area (Å²) in [5, 5.41) is 10.7. The molecule has 2 aromatic heterocycles. The Morgan fingerprint density at radius 3 is 2.84 bits per heavy atom. The van der Waals surface area contributed by atoms with Crippen molar-refractivity contribution < 1.29 is 5.11 Å². The fourth-order valence-electron chi connectivity index (χ4n) is 2.21. The zero-order valence-corrected chi connectivity index (χ0v) is 10.7. The average Bonchev–Trinajstić information content (AvgIpc) is 3.00. The van der Waals surface area contributed by atoms with Crippen LogP contribution in [0.2, 0.25) is 0 Å². The van der Waals surface area contributed by atoms with Gasteiger partial charge in [0.1, 0.15) is 11.6 Å². The number of aromatic hydroxyl groups is 1. The van der Waals surface area contributed by atoms with Gasteiger partial charge in [0.15, 0.2) is 0 Å². The molecule has 4 rings (SSSR count). The number of nitrogens with zero attached hydrogens (tertiary/aromatic N) is 1. The number of aromatic nitrogens is 2. The highest BCUT2D eigenvalue weighted by molar-refractivity contribution is 7.22. The molecule has 19 heavy (non-hydrogen) atoms. The van der Waals surface area contributed by atoms with Crippen molar-refractivity contribution in [3.63, 3.8) is 0 Å². The molecular formula is C15H10N2OS. The zero-order valence-electron chi connectivity index (χ0n) is 9.92. The number of imidazole rings is 1. The van der Waals surface area contributed by atoms with Gasteiger partial charge in [0.05, 0.1) is 15.9 Å². The number of rotatable bonds is 1. The third-order valence-electron chi connectivity index (χ3n) is 3.12. The van der Waals surface area contributed by atoms with Gasteiger partial charge in [0, 0.05) is 10.8 Å². The lowest BCUT2D eigenvalue weighted by atomic mass is 10.2. The van der Waals surface area contributed by atoms with E-state index in [0.29, 0.717) is 0 Å². The van der Waals surface area contributed by atoms with E-state index in [9.17, 15) is 5.11 Å². The summed E-state index contributed by atoms with van der Waals surface area (Å²) >= 11 is 1.71. The summed E-state index contributed by atoms with van der Waals surface area (Å²) in [6.07, 6.45) is 0. The molecule has 4 aromatic rings. The van der Waals surface area contributed by atoms with Gasteiger partial charge in [0.2, 0.25) is 0 Å². The summed E-state index contributed by atoms with van der Waals surface area (Å²) in [6, 6.07) is 15.6. The van der Waals surface area contributed by atoms with Crippen LogP contribution in [0.3, 0.4) is 0 Å². The SMILES string of the molecule is Oc1ccc2nc(-c3cc4ccccc4s3)[nH]c2c1. The van der Waals surface area contributed by atoms with Crippen LogP contribution in [0.5, 0.6) is 5.75 Å². The van der Waals surface area contributed by atoms with Crippen molar-refractivity contribution in [3.05, 3.63) is 48.5 Å². The molecule has 0 saturated heterocycles. The van der Waals surface area contributed by atoms with E-state index in [2.05, 4.69) is 28.2 Å². The maximum absolute atomic E-state index is 9.48. The smallest absolute Gasteiger partial charge is 0.148 e. The van der Waals surface area contributed by atoms with Crippen molar-refractivity contribution in [3.8, 4) is 16.5 Å². The first-order valence-electron chi connectivity index (χ1n) is 5.97. The summed E-state index contributed by atoms with van der Waals surface area (Å²) in [4.78, 5) is 8.92. The Morgan fingerprint density at radius 2 is 1.95 bits per heavy atom. The Hall–Kier alpha value is -2.33. The number of phenols is 1. The van der Waals surface area contributed by atoms with Crippen molar-refractivity contribution >= 4 is 32.5 Å². The molecule has 2 aromatic carbocycles. The lowest BCUT2D eigenvalue weighted by Gasteiger charge is -1.88. The van der Waals surface area contributed by atoms with E-state index in [4.69, 9.17) is 0 Å². The van der Waals surface area contributed by atoms with Gasteiger partial charge in [-0.1, -0.05) is 18.2 Å². The fourth-order valence-corrected chi connectivity index (χ4v) is 3.22. The molecule has 0 unspecified atom stereocenters. The zero-order chi connectivity index (χ0) is 12.8. The number of thiophene rings is 1. The quantitative estimate of drug-likeness (QED) is 0.543. The molecule has 4 heteroatoms. The minimum atomic E-state index is 0.249. The Labute approximate surface area is 113 Å². The van der Waals surface area contributed by atoms with Gasteiger partial charge in [0.25, 0.3) is 0 Å². The van der Waals surface area contributed by atoms with Gasteiger partial charge in [-0.2, -0.15) is 0 Å². The van der Waals surface area contributed by atoms with Crippen LogP contribution < -0.4 is 0 Å². The molecule has 92 valence electrons. The molecule has 0 saturated carbocycles. The molecule has 0 aliphatic carbocycles. The van der Waals surface area contributed by atoms with E-state index in [1.807, 2.05) is 18.2 Å². The predicted molar refractivity (Wildman–Crippen MR) is 78.6 cm³/mol. The predicted octanol–water partition coefficient (Wildman–Crippen LogP) is 4.15. The summed E-state index contributed by atoms with van der Waals surface area (Å²) in [5.41, 5.74) is 1.72. The molecular weight excluding hydrogens is 256 g/mol. The first-order valence-corrected chi connectivity index (χ1v) is 6.79. The lowest BCUT2D eigenvalue weighted by Crippen LogP contribution is -1.72. The molecule has 0 aliphatic heterocycles. The van der Waals surface area contributed by atoms with Crippen LogP contribution in [0.15, 0.2) is 48.5 Å². The highest BCUT2D eigenvalue weighted by atomic mass is 32.1. The Kier molecular flexibility index (Phi) is 2.13. The Bertz CT molecular complexity index is 858. The molecule has 0 amide bonds. The van der Waals surface area contributed by atoms with Gasteiger partial charge in [-0.25, -0.2) is 4.98 Å². The maximum Gasteiger partial charge on any atom is 0.148 e. The number of hydrogen-bond acceptors (Lipinski definition) is 3. The van der Waals surface area contributed by atoms with Gasteiger partial charge in [-0.15, -0.1) is 11.3 Å². The summed E-state index contributed by atoms with van der Waals surface area (Å²) in [6.45, 7) is 0. The van der Waals surface area contributed by atoms with E-state index in [1.54, 1.807) is 23.5 Å². The highest BCUT2D eigenvalue weighted by Gasteiger charge is 2.09. The number of H-pyrrole nitrogens is 1. The molecule has 0 bridgehead atoms. The number of nitrogens with one attached hydrogen (secondary N) is 1. The fraction of sp³-hybridized carbons (Fsp3) is 0. The van der Waals surface area contributed by atoms with Crippen LogP contribution in [-0.4, -0.2) is 15.1 Å². The van der Waals surface area contributed by atoms with Crippen LogP contribution in [0, 0.1) is 0 Å². The van der Waals surface area contributed by atoms with Crippen molar-refractivity contribution in [1.29, 1.82) is 0 Å². The second kappa shape index (κ2) is 3.83. The lowest BCUT2D eigenvalue weighted by molar-refractivity contribution is 0.476. The van der Waals surface area contributed by atoms with Crippen LogP contribution in [0.1, 0.15) is 0 Å². The molecule has 2 N–H and O–H groups in total. The van der Waals surface area contributed by atoms with Crippen molar-refractivity contribution in [2.75, 3.05) is 0 Å². The van der Waals surface area contributed by atoms with Crippen LogP contribution in [-0.2, 0) is 0 Å². The Morgan fingerprint density at radius 1 is 1.05 bits per heavy atom. The summed E-state index contributed by atoms with van der Waals surface area (Å²) in [7, 11) is 0. The van der Waals surface area contributed by atoms with Gasteiger partial charge in [-0.05, 0) is 29.7 Å². The minimum Gasteiger partial charge on any atom is -0.508 e. The van der Waals surface area contributed by atoms with E-state index in [-0.39, 0.29) is 5.75 Å². The average molecular weight is 266 g/mol. The number of phenolic OH excluding ortho intramolecular Hbond substituents is 1. The topological polar surface area (TPSA) is 48.9 Å². The number of benzene rings is 2. The van der Waals surface area contributed by atoms with Crippen molar-refractivity contribution in [1.82, 2.24) is 9.97 Å². The largest absolute Gasteiger partial charge is 0.508 e. The molecule has 0 spiro atoms. The van der Waals surface area contributed by atoms with E-state index >= 15 is 0 Å². The second-order valence-corrected chi connectivity index (χ2v) is 5.52. The second-order valence-electron chi connectivity index (χ2n) is 4.44. The van der Waals surface area contributed by atoms with Crippen LogP contribution in [0.4, 0.5) is 0 Å². The first kappa shape index (κ1) is 10.6. The van der Waals surface area contributed by atoms with Crippen molar-refractivity contribution in [2.24, 2.45) is 0 Å². The van der Waals surface area contributed by atoms with Gasteiger partial charge < -0.3 is 10.1 Å².